The van der Waals surface area contributed by atoms with Crippen LogP contribution in [-0.2, 0) is 0 Å². The second-order valence-electron chi connectivity index (χ2n) is 3.46. The molecule has 17 heavy (non-hydrogen) atoms. The number of halogens is 4. The van der Waals surface area contributed by atoms with Gasteiger partial charge in [0.25, 0.3) is 0 Å². The van der Waals surface area contributed by atoms with Gasteiger partial charge in [0.15, 0.2) is 0 Å². The predicted molar refractivity (Wildman–Crippen MR) is 59.9 cm³/mol. The molecule has 0 saturated carbocycles. The maximum Gasteiger partial charge on any atom is 1.00 e. The van der Waals surface area contributed by atoms with Crippen LogP contribution in [-0.4, -0.2) is 13.6 Å². The van der Waals surface area contributed by atoms with Crippen LogP contribution in [0.4, 0.5) is 12.9 Å². The minimum atomic E-state index is -5.05. The average Bonchev–Trinajstić information content (AvgIpc) is 2.14. The zero-order chi connectivity index (χ0) is 12.3. The van der Waals surface area contributed by atoms with Crippen molar-refractivity contribution in [3.05, 3.63) is 40.8 Å². The van der Waals surface area contributed by atoms with E-state index in [0.29, 0.717) is 5.02 Å². The van der Waals surface area contributed by atoms with Crippen LogP contribution in [0.1, 0.15) is 5.56 Å². The van der Waals surface area contributed by atoms with Gasteiger partial charge in [-0.3, -0.25) is 0 Å². The van der Waals surface area contributed by atoms with Gasteiger partial charge in [0.1, 0.15) is 5.75 Å². The van der Waals surface area contributed by atoms with Crippen molar-refractivity contribution in [3.8, 4) is 5.75 Å². The fraction of sp³-hybridized carbons (Fsp3) is 0.200. The Balaban J connectivity index is 0.00000256. The van der Waals surface area contributed by atoms with Gasteiger partial charge in [-0.25, -0.2) is 0 Å². The molecule has 1 aromatic rings. The topological polar surface area (TPSA) is 9.23 Å². The van der Waals surface area contributed by atoms with Crippen molar-refractivity contribution in [2.75, 3.05) is 6.61 Å². The summed E-state index contributed by atoms with van der Waals surface area (Å²) >= 11 is 5.80. The minimum absolute atomic E-state index is 0. The Morgan fingerprint density at radius 2 is 2.00 bits per heavy atom. The van der Waals surface area contributed by atoms with Crippen molar-refractivity contribution < 1.29 is 69.1 Å². The molecule has 0 atom stereocenters. The third-order valence-electron chi connectivity index (χ3n) is 1.96. The van der Waals surface area contributed by atoms with Gasteiger partial charge in [-0.05, 0) is 24.6 Å². The quantitative estimate of drug-likeness (QED) is 0.751. The average molecular weight is 289 g/mol. The summed E-state index contributed by atoms with van der Waals surface area (Å²) in [5, 5.41) is 0.294. The van der Waals surface area contributed by atoms with Crippen molar-refractivity contribution in [2.45, 2.75) is 6.92 Å². The van der Waals surface area contributed by atoms with E-state index in [1.54, 1.807) is 12.1 Å². The molecule has 0 fully saturated rings. The van der Waals surface area contributed by atoms with Gasteiger partial charge < -0.3 is 17.7 Å². The number of ether oxygens (including phenoxy) is 1. The molecule has 0 radical (unpaired) electrons. The number of benzene rings is 1. The molecule has 0 aliphatic rings. The summed E-state index contributed by atoms with van der Waals surface area (Å²) in [6.07, 6.45) is 0. The van der Waals surface area contributed by atoms with Gasteiger partial charge in [0.05, 0.1) is 11.6 Å². The normalized spacial score (nSPS) is 10.6. The molecule has 1 rings (SSSR count). The molecule has 0 heterocycles. The third kappa shape index (κ3) is 5.81. The Labute approximate surface area is 146 Å². The van der Waals surface area contributed by atoms with Gasteiger partial charge in [-0.1, -0.05) is 17.7 Å². The monoisotopic (exact) mass is 288 g/mol. The molecule has 0 spiro atoms. The van der Waals surface area contributed by atoms with E-state index in [4.69, 9.17) is 16.3 Å². The standard InChI is InChI=1S/C10H10BClF3O.K/c1-7-3-4-10(9(12)5-7)16-6-8(2)11(13,14)15;/h3-5H,2,6H2,1H3;/q-1;+1. The molecule has 0 aliphatic carbocycles. The van der Waals surface area contributed by atoms with Crippen LogP contribution < -0.4 is 56.1 Å². The molecular weight excluding hydrogens is 278 g/mol. The number of rotatable bonds is 4. The first kappa shape index (κ1) is 17.5. The van der Waals surface area contributed by atoms with E-state index in [1.807, 2.05) is 6.92 Å². The Morgan fingerprint density at radius 1 is 1.41 bits per heavy atom. The van der Waals surface area contributed by atoms with Gasteiger partial charge in [-0.15, -0.1) is 12.1 Å². The summed E-state index contributed by atoms with van der Waals surface area (Å²) in [6, 6.07) is 4.87. The molecule has 0 unspecified atom stereocenters. The fourth-order valence-corrected chi connectivity index (χ4v) is 1.28. The minimum Gasteiger partial charge on any atom is -0.491 e. The van der Waals surface area contributed by atoms with Crippen LogP contribution in [0.15, 0.2) is 30.3 Å². The van der Waals surface area contributed by atoms with E-state index in [0.717, 1.165) is 5.56 Å². The van der Waals surface area contributed by atoms with Crippen molar-refractivity contribution >= 4 is 18.6 Å². The van der Waals surface area contributed by atoms with E-state index >= 15 is 0 Å². The van der Waals surface area contributed by atoms with Gasteiger partial charge >= 0.3 is 58.4 Å². The molecule has 0 bridgehead atoms. The Bertz CT molecular complexity index is 409. The molecule has 88 valence electrons. The maximum absolute atomic E-state index is 12.2. The van der Waals surface area contributed by atoms with Crippen molar-refractivity contribution in [1.82, 2.24) is 0 Å². The molecule has 0 aromatic heterocycles. The Morgan fingerprint density at radius 3 is 2.47 bits per heavy atom. The molecule has 0 N–H and O–H groups in total. The zero-order valence-electron chi connectivity index (χ0n) is 9.64. The second-order valence-corrected chi connectivity index (χ2v) is 3.86. The van der Waals surface area contributed by atoms with Gasteiger partial charge in [-0.2, -0.15) is 0 Å². The molecule has 0 amide bonds. The maximum atomic E-state index is 12.2. The fourth-order valence-electron chi connectivity index (χ4n) is 0.988. The number of hydrogen-bond acceptors (Lipinski definition) is 1. The van der Waals surface area contributed by atoms with Crippen LogP contribution in [0.5, 0.6) is 5.75 Å². The van der Waals surface area contributed by atoms with Crippen LogP contribution in [0.3, 0.4) is 0 Å². The summed E-state index contributed by atoms with van der Waals surface area (Å²) in [6.45, 7) is -0.892. The Kier molecular flexibility index (Phi) is 7.44. The summed E-state index contributed by atoms with van der Waals surface area (Å²) in [5.74, 6) is 0.230. The van der Waals surface area contributed by atoms with Crippen LogP contribution >= 0.6 is 11.6 Å². The molecule has 1 nitrogen and oxygen atoms in total. The van der Waals surface area contributed by atoms with Crippen molar-refractivity contribution in [3.63, 3.8) is 0 Å². The number of aryl methyl sites for hydroxylation is 1. The van der Waals surface area contributed by atoms with E-state index < -0.39 is 19.1 Å². The van der Waals surface area contributed by atoms with E-state index in [9.17, 15) is 12.9 Å². The molecule has 7 heteroatoms. The first-order chi connectivity index (χ1) is 7.30. The smallest absolute Gasteiger partial charge is 0.491 e. The van der Waals surface area contributed by atoms with E-state index in [1.165, 1.54) is 6.07 Å². The molecule has 0 saturated heterocycles. The second kappa shape index (κ2) is 7.21. The summed E-state index contributed by atoms with van der Waals surface area (Å²) in [7, 11) is 0. The first-order valence-corrected chi connectivity index (χ1v) is 4.95. The van der Waals surface area contributed by atoms with Crippen LogP contribution in [0.25, 0.3) is 0 Å². The summed E-state index contributed by atoms with van der Waals surface area (Å²) in [5.41, 5.74) is 0.0351. The molecular formula is C10H10BClF3KO. The van der Waals surface area contributed by atoms with Crippen LogP contribution in [0, 0.1) is 6.92 Å². The number of hydrogen-bond donors (Lipinski definition) is 0. The van der Waals surface area contributed by atoms with E-state index in [-0.39, 0.29) is 57.1 Å². The van der Waals surface area contributed by atoms with Crippen molar-refractivity contribution in [1.29, 1.82) is 0 Å². The SMILES string of the molecule is C=C(COc1ccc(C)cc1Cl)[B-](F)(F)F.[K+]. The summed E-state index contributed by atoms with van der Waals surface area (Å²) in [4.78, 5) is 0. The largest absolute Gasteiger partial charge is 1.00 e. The zero-order valence-corrected chi connectivity index (χ0v) is 13.5. The molecule has 1 aromatic carbocycles. The van der Waals surface area contributed by atoms with Gasteiger partial charge in [0, 0.05) is 0 Å². The summed E-state index contributed by atoms with van der Waals surface area (Å²) < 4.78 is 41.4. The Hall–Kier alpha value is 0.541. The van der Waals surface area contributed by atoms with Gasteiger partial charge in [0.2, 0.25) is 0 Å². The third-order valence-corrected chi connectivity index (χ3v) is 2.26. The van der Waals surface area contributed by atoms with Crippen LogP contribution in [0.2, 0.25) is 5.02 Å². The first-order valence-electron chi connectivity index (χ1n) is 4.57. The molecule has 0 aliphatic heterocycles. The van der Waals surface area contributed by atoms with Crippen molar-refractivity contribution in [2.24, 2.45) is 0 Å². The predicted octanol–water partition coefficient (Wildman–Crippen LogP) is 0.974. The van der Waals surface area contributed by atoms with E-state index in [2.05, 4.69) is 6.58 Å².